The molecule has 3 heterocycles. The van der Waals surface area contributed by atoms with Crippen molar-refractivity contribution in [2.24, 2.45) is 0 Å². The molecule has 0 saturated carbocycles. The molecular weight excluding hydrogens is 562 g/mol. The van der Waals surface area contributed by atoms with Crippen LogP contribution in [0.5, 0.6) is 0 Å². The number of anilines is 3. The first-order valence-corrected chi connectivity index (χ1v) is 15.4. The normalized spacial score (nSPS) is 11.9. The van der Waals surface area contributed by atoms with E-state index in [0.717, 1.165) is 73.2 Å². The summed E-state index contributed by atoms with van der Waals surface area (Å²) in [4.78, 5) is 17.5. The predicted molar refractivity (Wildman–Crippen MR) is 187 cm³/mol. The van der Waals surface area contributed by atoms with Gasteiger partial charge in [0.25, 0.3) is 0 Å². The van der Waals surface area contributed by atoms with Gasteiger partial charge >= 0.3 is 0 Å². The highest BCUT2D eigenvalue weighted by Crippen LogP contribution is 2.47. The molecule has 8 aromatic rings. The largest absolute Gasteiger partial charge is 0.308 e. The van der Waals surface area contributed by atoms with Gasteiger partial charge in [0.05, 0.1) is 39.5 Å². The maximum Gasteiger partial charge on any atom is 0.160 e. The Bertz CT molecular complexity index is 2300. The lowest BCUT2D eigenvalue weighted by molar-refractivity contribution is 1.11. The van der Waals surface area contributed by atoms with Crippen LogP contribution in [-0.4, -0.2) is 19.5 Å². The first kappa shape index (κ1) is 26.1. The van der Waals surface area contributed by atoms with Gasteiger partial charge in [-0.25, -0.2) is 15.0 Å². The average Bonchev–Trinajstić information content (AvgIpc) is 3.47. The number of hydrogen-bond acceptors (Lipinski definition) is 4. The number of nitrogens with zero attached hydrogens (tertiary/aromatic N) is 5. The summed E-state index contributed by atoms with van der Waals surface area (Å²) in [6.07, 6.45) is 0. The van der Waals surface area contributed by atoms with E-state index in [1.54, 1.807) is 0 Å². The molecule has 1 aliphatic heterocycles. The summed E-state index contributed by atoms with van der Waals surface area (Å²) in [6, 6.07) is 56.6. The van der Waals surface area contributed by atoms with E-state index in [0.29, 0.717) is 5.82 Å². The minimum atomic E-state index is 0.707. The van der Waals surface area contributed by atoms with Crippen molar-refractivity contribution in [3.63, 3.8) is 0 Å². The molecule has 9 rings (SSSR count). The maximum absolute atomic E-state index is 5.12. The summed E-state index contributed by atoms with van der Waals surface area (Å²) >= 11 is 0. The topological polar surface area (TPSA) is 46.8 Å². The van der Waals surface area contributed by atoms with E-state index < -0.39 is 0 Å². The van der Waals surface area contributed by atoms with Crippen molar-refractivity contribution in [1.29, 1.82) is 0 Å². The zero-order valence-corrected chi connectivity index (χ0v) is 24.8. The first-order valence-electron chi connectivity index (χ1n) is 15.4. The van der Waals surface area contributed by atoms with Crippen LogP contribution in [0.25, 0.3) is 62.0 Å². The molecule has 0 bridgehead atoms. The summed E-state index contributed by atoms with van der Waals surface area (Å²) < 4.78 is 2.29. The third kappa shape index (κ3) is 4.29. The molecule has 0 atom stereocenters. The van der Waals surface area contributed by atoms with Crippen molar-refractivity contribution in [2.45, 2.75) is 0 Å². The fraction of sp³-hybridized carbons (Fsp3) is 0. The molecule has 0 unspecified atom stereocenters. The van der Waals surface area contributed by atoms with E-state index in [1.165, 1.54) is 0 Å². The van der Waals surface area contributed by atoms with Gasteiger partial charge in [-0.3, -0.25) is 4.57 Å². The standard InChI is InChI=1S/C41H27N5/c1-3-13-28(14-4-1)34-27-35(43-40(42-34)30-15-5-2-6-16-30)29-23-25-31(26-24-29)45-36-19-9-7-17-32(36)41-44-33-18-8-10-20-37(33)46(41)39-22-12-11-21-38(39)45/h1-27H. The molecule has 5 nitrogen and oxygen atoms in total. The molecule has 0 fully saturated rings. The Balaban J connectivity index is 1.19. The second-order valence-electron chi connectivity index (χ2n) is 11.3. The van der Waals surface area contributed by atoms with Crippen LogP contribution >= 0.6 is 0 Å². The number of hydrogen-bond donors (Lipinski definition) is 0. The number of aromatic nitrogens is 4. The second-order valence-corrected chi connectivity index (χ2v) is 11.3. The molecule has 1 aliphatic rings. The van der Waals surface area contributed by atoms with Gasteiger partial charge in [0, 0.05) is 27.9 Å². The lowest BCUT2D eigenvalue weighted by Crippen LogP contribution is -2.11. The molecule has 6 aromatic carbocycles. The number of benzene rings is 6. The molecule has 5 heteroatoms. The molecule has 0 spiro atoms. The average molecular weight is 590 g/mol. The third-order valence-electron chi connectivity index (χ3n) is 8.56. The van der Waals surface area contributed by atoms with Gasteiger partial charge in [0.1, 0.15) is 5.82 Å². The molecular formula is C41H27N5. The molecule has 46 heavy (non-hydrogen) atoms. The van der Waals surface area contributed by atoms with Crippen LogP contribution in [0, 0.1) is 0 Å². The van der Waals surface area contributed by atoms with Crippen molar-refractivity contribution in [2.75, 3.05) is 4.90 Å². The Labute approximate surface area is 266 Å². The Morgan fingerprint density at radius 2 is 0.978 bits per heavy atom. The summed E-state index contributed by atoms with van der Waals surface area (Å²) in [5.41, 5.74) is 12.3. The van der Waals surface area contributed by atoms with Gasteiger partial charge in [-0.2, -0.15) is 0 Å². The van der Waals surface area contributed by atoms with E-state index >= 15 is 0 Å². The zero-order chi connectivity index (χ0) is 30.5. The maximum atomic E-state index is 5.12. The number of para-hydroxylation sites is 5. The molecule has 216 valence electrons. The van der Waals surface area contributed by atoms with E-state index in [-0.39, 0.29) is 0 Å². The highest BCUT2D eigenvalue weighted by atomic mass is 15.2. The van der Waals surface area contributed by atoms with Crippen LogP contribution in [0.1, 0.15) is 0 Å². The fourth-order valence-electron chi connectivity index (χ4n) is 6.41. The molecule has 2 aromatic heterocycles. The van der Waals surface area contributed by atoms with E-state index in [4.69, 9.17) is 15.0 Å². The first-order chi connectivity index (χ1) is 22.8. The van der Waals surface area contributed by atoms with Crippen molar-refractivity contribution in [3.05, 3.63) is 164 Å². The molecule has 0 saturated heterocycles. The van der Waals surface area contributed by atoms with Crippen molar-refractivity contribution in [1.82, 2.24) is 19.5 Å². The minimum absolute atomic E-state index is 0.707. The molecule has 0 aliphatic carbocycles. The lowest BCUT2D eigenvalue weighted by atomic mass is 10.1. The third-order valence-corrected chi connectivity index (χ3v) is 8.56. The van der Waals surface area contributed by atoms with Crippen LogP contribution < -0.4 is 4.90 Å². The Kier molecular flexibility index (Phi) is 6.06. The van der Waals surface area contributed by atoms with Crippen molar-refractivity contribution < 1.29 is 0 Å². The van der Waals surface area contributed by atoms with Gasteiger partial charge in [-0.05, 0) is 54.6 Å². The van der Waals surface area contributed by atoms with Gasteiger partial charge < -0.3 is 4.90 Å². The number of fused-ring (bicyclic) bond motifs is 7. The second kappa shape index (κ2) is 10.7. The highest BCUT2D eigenvalue weighted by Gasteiger charge is 2.28. The van der Waals surface area contributed by atoms with E-state index in [9.17, 15) is 0 Å². The van der Waals surface area contributed by atoms with Crippen molar-refractivity contribution >= 4 is 28.1 Å². The van der Waals surface area contributed by atoms with Crippen LogP contribution in [-0.2, 0) is 0 Å². The number of rotatable bonds is 4. The summed E-state index contributed by atoms with van der Waals surface area (Å²) in [7, 11) is 0. The van der Waals surface area contributed by atoms with Gasteiger partial charge in [-0.1, -0.05) is 109 Å². The van der Waals surface area contributed by atoms with Crippen molar-refractivity contribution in [3.8, 4) is 51.0 Å². The molecule has 0 radical (unpaired) electrons. The quantitative estimate of drug-likeness (QED) is 0.205. The molecule has 0 N–H and O–H groups in total. The SMILES string of the molecule is c1ccc(-c2cc(-c3ccc(N4c5ccccc5-c5nc6ccccc6n5-c5ccccc54)cc3)nc(-c3ccccc3)n2)cc1. The Hall–Kier alpha value is -6.33. The predicted octanol–water partition coefficient (Wildman–Crippen LogP) is 10.3. The number of imidazole rings is 1. The van der Waals surface area contributed by atoms with Crippen LogP contribution in [0.3, 0.4) is 0 Å². The van der Waals surface area contributed by atoms with E-state index in [2.05, 4.69) is 131 Å². The summed E-state index contributed by atoms with van der Waals surface area (Å²) in [5, 5.41) is 0. The van der Waals surface area contributed by atoms with Crippen LogP contribution in [0.2, 0.25) is 0 Å². The highest BCUT2D eigenvalue weighted by molar-refractivity contribution is 5.96. The zero-order valence-electron chi connectivity index (χ0n) is 24.8. The molecule has 0 amide bonds. The minimum Gasteiger partial charge on any atom is -0.308 e. The summed E-state index contributed by atoms with van der Waals surface area (Å²) in [6.45, 7) is 0. The van der Waals surface area contributed by atoms with Gasteiger partial charge in [-0.15, -0.1) is 0 Å². The van der Waals surface area contributed by atoms with Crippen LogP contribution in [0.4, 0.5) is 17.1 Å². The van der Waals surface area contributed by atoms with E-state index in [1.807, 2.05) is 42.5 Å². The Morgan fingerprint density at radius 3 is 1.72 bits per heavy atom. The summed E-state index contributed by atoms with van der Waals surface area (Å²) in [5.74, 6) is 1.64. The monoisotopic (exact) mass is 589 g/mol. The smallest absolute Gasteiger partial charge is 0.160 e. The van der Waals surface area contributed by atoms with Gasteiger partial charge in [0.2, 0.25) is 0 Å². The van der Waals surface area contributed by atoms with Gasteiger partial charge in [0.15, 0.2) is 5.82 Å². The fourth-order valence-corrected chi connectivity index (χ4v) is 6.41. The lowest BCUT2D eigenvalue weighted by Gasteiger charge is -2.27. The van der Waals surface area contributed by atoms with Crippen LogP contribution in [0.15, 0.2) is 164 Å². The Morgan fingerprint density at radius 1 is 0.413 bits per heavy atom.